The standard InChI is InChI=1S/C10H10ClNOS/c11-6-5-9-12-10(14)7-3-1-2-4-8(7)13-9/h1-4,9H,5-6H2,(H,12,14). The van der Waals surface area contributed by atoms with Gasteiger partial charge < -0.3 is 10.1 Å². The van der Waals surface area contributed by atoms with Crippen LogP contribution in [0.3, 0.4) is 0 Å². The monoisotopic (exact) mass is 227 g/mol. The van der Waals surface area contributed by atoms with Gasteiger partial charge in [-0.25, -0.2) is 0 Å². The maximum absolute atomic E-state index is 5.66. The number of benzene rings is 1. The van der Waals surface area contributed by atoms with Crippen LogP contribution in [-0.4, -0.2) is 17.1 Å². The molecule has 1 heterocycles. The second-order valence-corrected chi connectivity index (χ2v) is 3.84. The second kappa shape index (κ2) is 4.15. The lowest BCUT2D eigenvalue weighted by Crippen LogP contribution is -2.42. The molecule has 0 fully saturated rings. The Morgan fingerprint density at radius 2 is 2.21 bits per heavy atom. The van der Waals surface area contributed by atoms with Gasteiger partial charge in [-0.05, 0) is 12.1 Å². The van der Waals surface area contributed by atoms with Crippen LogP contribution in [0.1, 0.15) is 12.0 Å². The lowest BCUT2D eigenvalue weighted by Gasteiger charge is -2.27. The number of hydrogen-bond acceptors (Lipinski definition) is 2. The Morgan fingerprint density at radius 1 is 1.43 bits per heavy atom. The normalized spacial score (nSPS) is 19.5. The SMILES string of the molecule is S=C1NC(CCCl)Oc2ccccc21. The number of fused-ring (bicyclic) bond motifs is 1. The topological polar surface area (TPSA) is 21.3 Å². The zero-order chi connectivity index (χ0) is 9.97. The second-order valence-electron chi connectivity index (χ2n) is 3.05. The summed E-state index contributed by atoms with van der Waals surface area (Å²) >= 11 is 10.9. The van der Waals surface area contributed by atoms with Crippen LogP contribution in [0.15, 0.2) is 24.3 Å². The van der Waals surface area contributed by atoms with E-state index in [1.165, 1.54) is 0 Å². The number of ether oxygens (including phenoxy) is 1. The van der Waals surface area contributed by atoms with Crippen LogP contribution in [0.2, 0.25) is 0 Å². The first-order chi connectivity index (χ1) is 6.81. The van der Waals surface area contributed by atoms with E-state index in [1.807, 2.05) is 24.3 Å². The molecule has 1 aromatic rings. The van der Waals surface area contributed by atoms with Crippen LogP contribution >= 0.6 is 23.8 Å². The molecule has 1 unspecified atom stereocenters. The van der Waals surface area contributed by atoms with E-state index in [-0.39, 0.29) is 6.23 Å². The average Bonchev–Trinajstić information content (AvgIpc) is 2.18. The van der Waals surface area contributed by atoms with Gasteiger partial charge in [-0.1, -0.05) is 24.4 Å². The van der Waals surface area contributed by atoms with Crippen LogP contribution < -0.4 is 10.1 Å². The summed E-state index contributed by atoms with van der Waals surface area (Å²) in [7, 11) is 0. The highest BCUT2D eigenvalue weighted by Crippen LogP contribution is 2.23. The zero-order valence-electron chi connectivity index (χ0n) is 7.50. The quantitative estimate of drug-likeness (QED) is 0.619. The van der Waals surface area contributed by atoms with Gasteiger partial charge in [0.15, 0.2) is 6.23 Å². The third-order valence-corrected chi connectivity index (χ3v) is 2.62. The molecule has 1 aromatic carbocycles. The van der Waals surface area contributed by atoms with Gasteiger partial charge in [0.2, 0.25) is 0 Å². The molecule has 0 spiro atoms. The predicted molar refractivity (Wildman–Crippen MR) is 61.0 cm³/mol. The van der Waals surface area contributed by atoms with Crippen LogP contribution in [0, 0.1) is 0 Å². The predicted octanol–water partition coefficient (Wildman–Crippen LogP) is 2.30. The Morgan fingerprint density at radius 3 is 3.00 bits per heavy atom. The molecule has 4 heteroatoms. The summed E-state index contributed by atoms with van der Waals surface area (Å²) in [6.07, 6.45) is 0.658. The summed E-state index contributed by atoms with van der Waals surface area (Å²) in [5.41, 5.74) is 0.952. The van der Waals surface area contributed by atoms with Crippen LogP contribution in [0.4, 0.5) is 0 Å². The number of nitrogens with one attached hydrogen (secondary N) is 1. The molecule has 0 aromatic heterocycles. The third-order valence-electron chi connectivity index (χ3n) is 2.06. The van der Waals surface area contributed by atoms with E-state index in [0.29, 0.717) is 5.88 Å². The van der Waals surface area contributed by atoms with Gasteiger partial charge in [0.1, 0.15) is 10.7 Å². The van der Waals surface area contributed by atoms with Crippen molar-refractivity contribution < 1.29 is 4.74 Å². The van der Waals surface area contributed by atoms with Crippen molar-refractivity contribution in [2.75, 3.05) is 5.88 Å². The number of halogens is 1. The molecule has 0 amide bonds. The fourth-order valence-corrected chi connectivity index (χ4v) is 1.89. The maximum atomic E-state index is 5.66. The van der Waals surface area contributed by atoms with E-state index in [2.05, 4.69) is 5.32 Å². The Bertz CT molecular complexity index is 356. The van der Waals surface area contributed by atoms with Crippen molar-refractivity contribution in [3.63, 3.8) is 0 Å². The molecule has 1 aliphatic heterocycles. The molecule has 0 bridgehead atoms. The summed E-state index contributed by atoms with van der Waals surface area (Å²) in [6, 6.07) is 7.74. The molecule has 0 radical (unpaired) electrons. The molecule has 2 rings (SSSR count). The lowest BCUT2D eigenvalue weighted by atomic mass is 10.1. The van der Waals surface area contributed by atoms with E-state index in [0.717, 1.165) is 22.7 Å². The first-order valence-corrected chi connectivity index (χ1v) is 5.38. The Labute approximate surface area is 93.2 Å². The van der Waals surface area contributed by atoms with E-state index < -0.39 is 0 Å². The minimum atomic E-state index is -0.0881. The van der Waals surface area contributed by atoms with Crippen LogP contribution in [0.25, 0.3) is 0 Å². The maximum Gasteiger partial charge on any atom is 0.171 e. The smallest absolute Gasteiger partial charge is 0.171 e. The molecule has 2 nitrogen and oxygen atoms in total. The fraction of sp³-hybridized carbons (Fsp3) is 0.300. The van der Waals surface area contributed by atoms with Crippen molar-refractivity contribution in [2.24, 2.45) is 0 Å². The number of thiocarbonyl (C=S) groups is 1. The Balaban J connectivity index is 2.24. The van der Waals surface area contributed by atoms with Crippen molar-refractivity contribution in [2.45, 2.75) is 12.6 Å². The molecule has 0 saturated heterocycles. The molecule has 1 atom stereocenters. The molecule has 1 N–H and O–H groups in total. The van der Waals surface area contributed by atoms with Gasteiger partial charge >= 0.3 is 0 Å². The molecule has 74 valence electrons. The number of alkyl halides is 1. The number of rotatable bonds is 2. The summed E-state index contributed by atoms with van der Waals surface area (Å²) in [5.74, 6) is 1.40. The summed E-state index contributed by atoms with van der Waals surface area (Å²) in [6.45, 7) is 0. The molecule has 14 heavy (non-hydrogen) atoms. The summed E-state index contributed by atoms with van der Waals surface area (Å²) < 4.78 is 5.66. The Kier molecular flexibility index (Phi) is 2.89. The largest absolute Gasteiger partial charge is 0.470 e. The molecular formula is C10H10ClNOS. The van der Waals surface area contributed by atoms with Gasteiger partial charge in [0.25, 0.3) is 0 Å². The highest BCUT2D eigenvalue weighted by Gasteiger charge is 2.21. The lowest BCUT2D eigenvalue weighted by molar-refractivity contribution is 0.177. The highest BCUT2D eigenvalue weighted by atomic mass is 35.5. The van der Waals surface area contributed by atoms with Crippen molar-refractivity contribution in [1.82, 2.24) is 5.32 Å². The third kappa shape index (κ3) is 1.83. The minimum Gasteiger partial charge on any atom is -0.470 e. The van der Waals surface area contributed by atoms with Gasteiger partial charge in [0.05, 0.1) is 5.56 Å². The summed E-state index contributed by atoms with van der Waals surface area (Å²) in [5, 5.41) is 3.10. The number of hydrogen-bond donors (Lipinski definition) is 1. The van der Waals surface area contributed by atoms with Crippen molar-refractivity contribution in [1.29, 1.82) is 0 Å². The van der Waals surface area contributed by atoms with E-state index in [1.54, 1.807) is 0 Å². The zero-order valence-corrected chi connectivity index (χ0v) is 9.07. The molecule has 0 aliphatic carbocycles. The van der Waals surface area contributed by atoms with Crippen LogP contribution in [0.5, 0.6) is 5.75 Å². The van der Waals surface area contributed by atoms with Crippen molar-refractivity contribution in [3.05, 3.63) is 29.8 Å². The van der Waals surface area contributed by atoms with Gasteiger partial charge in [0, 0.05) is 12.3 Å². The average molecular weight is 228 g/mol. The van der Waals surface area contributed by atoms with Gasteiger partial charge in [-0.2, -0.15) is 0 Å². The summed E-state index contributed by atoms with van der Waals surface area (Å²) in [4.78, 5) is 0.738. The molecular weight excluding hydrogens is 218 g/mol. The van der Waals surface area contributed by atoms with E-state index >= 15 is 0 Å². The van der Waals surface area contributed by atoms with Gasteiger partial charge in [-0.15, -0.1) is 11.6 Å². The first-order valence-electron chi connectivity index (χ1n) is 4.44. The van der Waals surface area contributed by atoms with E-state index in [4.69, 9.17) is 28.6 Å². The first kappa shape index (κ1) is 9.74. The van der Waals surface area contributed by atoms with Crippen molar-refractivity contribution >= 4 is 28.8 Å². The Hall–Kier alpha value is -0.800. The number of para-hydroxylation sites is 1. The highest BCUT2D eigenvalue weighted by molar-refractivity contribution is 7.80. The molecule has 0 saturated carbocycles. The minimum absolute atomic E-state index is 0.0881. The van der Waals surface area contributed by atoms with Crippen LogP contribution in [-0.2, 0) is 0 Å². The molecule has 1 aliphatic rings. The van der Waals surface area contributed by atoms with Gasteiger partial charge in [-0.3, -0.25) is 0 Å². The van der Waals surface area contributed by atoms with E-state index in [9.17, 15) is 0 Å². The van der Waals surface area contributed by atoms with Crippen molar-refractivity contribution in [3.8, 4) is 5.75 Å². The fourth-order valence-electron chi connectivity index (χ4n) is 1.39.